The highest BCUT2D eigenvalue weighted by Crippen LogP contribution is 2.35. The SMILES string of the molecule is C=CCC(NC(=O)C(F)(F)C(F)(F)F)C(=O)OCCC. The van der Waals surface area contributed by atoms with E-state index in [0.717, 1.165) is 6.08 Å². The second-order valence-corrected chi connectivity index (χ2v) is 3.79. The van der Waals surface area contributed by atoms with Gasteiger partial charge in [0, 0.05) is 0 Å². The maximum atomic E-state index is 12.7. The smallest absolute Gasteiger partial charge is 0.463 e. The minimum Gasteiger partial charge on any atom is -0.464 e. The van der Waals surface area contributed by atoms with Crippen molar-refractivity contribution in [1.29, 1.82) is 0 Å². The molecule has 0 aromatic heterocycles. The van der Waals surface area contributed by atoms with E-state index in [4.69, 9.17) is 0 Å². The Morgan fingerprint density at radius 3 is 2.25 bits per heavy atom. The molecule has 9 heteroatoms. The van der Waals surface area contributed by atoms with Gasteiger partial charge in [-0.3, -0.25) is 4.79 Å². The Kier molecular flexibility index (Phi) is 6.60. The number of hydrogen-bond donors (Lipinski definition) is 1. The number of esters is 1. The number of carbonyl (C=O) groups is 2. The van der Waals surface area contributed by atoms with Crippen LogP contribution in [0, 0.1) is 0 Å². The number of rotatable bonds is 7. The Balaban J connectivity index is 4.87. The van der Waals surface area contributed by atoms with Crippen molar-refractivity contribution >= 4 is 11.9 Å². The average Bonchev–Trinajstić information content (AvgIpc) is 2.33. The molecule has 0 saturated heterocycles. The molecule has 1 unspecified atom stereocenters. The van der Waals surface area contributed by atoms with Crippen LogP contribution in [0.1, 0.15) is 19.8 Å². The molecular formula is C11H14F5NO3. The lowest BCUT2D eigenvalue weighted by Gasteiger charge is -2.22. The Bertz CT molecular complexity index is 368. The summed E-state index contributed by atoms with van der Waals surface area (Å²) in [6, 6.07) is -1.64. The van der Waals surface area contributed by atoms with Gasteiger partial charge in [-0.15, -0.1) is 6.58 Å². The summed E-state index contributed by atoms with van der Waals surface area (Å²) in [5.74, 6) is -9.29. The fourth-order valence-corrected chi connectivity index (χ4v) is 1.06. The predicted molar refractivity (Wildman–Crippen MR) is 59.0 cm³/mol. The van der Waals surface area contributed by atoms with Crippen LogP contribution in [0.5, 0.6) is 0 Å². The molecule has 0 bridgehead atoms. The molecular weight excluding hydrogens is 289 g/mol. The number of ether oxygens (including phenoxy) is 1. The van der Waals surface area contributed by atoms with Crippen molar-refractivity contribution in [3.63, 3.8) is 0 Å². The molecule has 0 aliphatic heterocycles. The fourth-order valence-electron chi connectivity index (χ4n) is 1.06. The van der Waals surface area contributed by atoms with Crippen molar-refractivity contribution < 1.29 is 36.3 Å². The number of amides is 1. The van der Waals surface area contributed by atoms with Crippen LogP contribution >= 0.6 is 0 Å². The fraction of sp³-hybridized carbons (Fsp3) is 0.636. The monoisotopic (exact) mass is 303 g/mol. The van der Waals surface area contributed by atoms with Gasteiger partial charge in [0.1, 0.15) is 6.04 Å². The molecule has 1 amide bonds. The van der Waals surface area contributed by atoms with Crippen LogP contribution in [0.2, 0.25) is 0 Å². The van der Waals surface area contributed by atoms with E-state index in [0.29, 0.717) is 6.42 Å². The molecule has 0 aliphatic rings. The predicted octanol–water partition coefficient (Wildman–Crippen LogP) is 2.20. The molecule has 1 N–H and O–H groups in total. The molecule has 0 fully saturated rings. The number of alkyl halides is 5. The van der Waals surface area contributed by atoms with E-state index in [9.17, 15) is 31.5 Å². The Morgan fingerprint density at radius 1 is 1.30 bits per heavy atom. The first-order chi connectivity index (χ1) is 9.07. The van der Waals surface area contributed by atoms with E-state index in [-0.39, 0.29) is 13.0 Å². The van der Waals surface area contributed by atoms with Crippen LogP contribution in [0.25, 0.3) is 0 Å². The first kappa shape index (κ1) is 18.3. The van der Waals surface area contributed by atoms with Gasteiger partial charge >= 0.3 is 24.0 Å². The Morgan fingerprint density at radius 2 is 1.85 bits per heavy atom. The average molecular weight is 303 g/mol. The van der Waals surface area contributed by atoms with Crippen molar-refractivity contribution in [3.05, 3.63) is 12.7 Å². The molecule has 0 heterocycles. The van der Waals surface area contributed by atoms with Gasteiger partial charge in [-0.25, -0.2) is 4.79 Å². The Labute approximate surface area is 112 Å². The maximum Gasteiger partial charge on any atom is 0.463 e. The highest BCUT2D eigenvalue weighted by molar-refractivity contribution is 5.89. The van der Waals surface area contributed by atoms with Crippen LogP contribution in [0.4, 0.5) is 22.0 Å². The third-order valence-corrected chi connectivity index (χ3v) is 2.08. The van der Waals surface area contributed by atoms with Gasteiger partial charge in [0.2, 0.25) is 0 Å². The number of halogens is 5. The topological polar surface area (TPSA) is 55.4 Å². The maximum absolute atomic E-state index is 12.7. The van der Waals surface area contributed by atoms with E-state index in [1.165, 1.54) is 5.32 Å². The molecule has 0 aromatic carbocycles. The summed E-state index contributed by atoms with van der Waals surface area (Å²) in [6.45, 7) is 4.83. The van der Waals surface area contributed by atoms with E-state index >= 15 is 0 Å². The van der Waals surface area contributed by atoms with Crippen LogP contribution in [-0.2, 0) is 14.3 Å². The van der Waals surface area contributed by atoms with Gasteiger partial charge in [0.25, 0.3) is 0 Å². The summed E-state index contributed by atoms with van der Waals surface area (Å²) in [4.78, 5) is 22.3. The molecule has 0 aromatic rings. The van der Waals surface area contributed by atoms with Crippen LogP contribution in [0.15, 0.2) is 12.7 Å². The van der Waals surface area contributed by atoms with Gasteiger partial charge in [-0.05, 0) is 12.8 Å². The Hall–Kier alpha value is -1.67. The van der Waals surface area contributed by atoms with Crippen LogP contribution < -0.4 is 5.32 Å². The molecule has 20 heavy (non-hydrogen) atoms. The summed E-state index contributed by atoms with van der Waals surface area (Å²) in [5.41, 5.74) is 0. The quantitative estimate of drug-likeness (QED) is 0.446. The zero-order valence-corrected chi connectivity index (χ0v) is 10.6. The molecule has 0 spiro atoms. The highest BCUT2D eigenvalue weighted by atomic mass is 19.4. The lowest BCUT2D eigenvalue weighted by molar-refractivity contribution is -0.270. The third-order valence-electron chi connectivity index (χ3n) is 2.08. The summed E-state index contributed by atoms with van der Waals surface area (Å²) < 4.78 is 66.0. The third kappa shape index (κ3) is 4.78. The summed E-state index contributed by atoms with van der Waals surface area (Å²) in [5, 5.41) is 1.32. The lowest BCUT2D eigenvalue weighted by atomic mass is 10.2. The minimum absolute atomic E-state index is 0.0436. The molecule has 1 atom stereocenters. The first-order valence-electron chi connectivity index (χ1n) is 5.61. The number of hydrogen-bond acceptors (Lipinski definition) is 3. The van der Waals surface area contributed by atoms with Crippen molar-refractivity contribution in [2.24, 2.45) is 0 Å². The van der Waals surface area contributed by atoms with Crippen LogP contribution in [0.3, 0.4) is 0 Å². The molecule has 4 nitrogen and oxygen atoms in total. The second kappa shape index (κ2) is 7.20. The van der Waals surface area contributed by atoms with E-state index in [1.807, 2.05) is 0 Å². The van der Waals surface area contributed by atoms with Crippen molar-refractivity contribution in [2.45, 2.75) is 37.9 Å². The van der Waals surface area contributed by atoms with E-state index in [2.05, 4.69) is 11.3 Å². The van der Waals surface area contributed by atoms with Gasteiger partial charge in [0.05, 0.1) is 6.61 Å². The molecule has 0 aliphatic carbocycles. The van der Waals surface area contributed by atoms with Gasteiger partial charge in [-0.1, -0.05) is 13.0 Å². The normalized spacial score (nSPS) is 13.5. The van der Waals surface area contributed by atoms with Gasteiger partial charge < -0.3 is 10.1 Å². The summed E-state index contributed by atoms with van der Waals surface area (Å²) >= 11 is 0. The number of carbonyl (C=O) groups excluding carboxylic acids is 2. The van der Waals surface area contributed by atoms with Gasteiger partial charge in [-0.2, -0.15) is 22.0 Å². The summed E-state index contributed by atoms with van der Waals surface area (Å²) in [6.07, 6.45) is -4.85. The largest absolute Gasteiger partial charge is 0.464 e. The zero-order valence-electron chi connectivity index (χ0n) is 10.6. The van der Waals surface area contributed by atoms with E-state index in [1.54, 1.807) is 6.92 Å². The lowest BCUT2D eigenvalue weighted by Crippen LogP contribution is -2.54. The molecule has 0 radical (unpaired) electrons. The zero-order chi connectivity index (χ0) is 16.0. The van der Waals surface area contributed by atoms with E-state index < -0.39 is 30.0 Å². The van der Waals surface area contributed by atoms with Crippen LogP contribution in [-0.4, -0.2) is 36.6 Å². The highest BCUT2D eigenvalue weighted by Gasteiger charge is 2.63. The van der Waals surface area contributed by atoms with Gasteiger partial charge in [0.15, 0.2) is 0 Å². The summed E-state index contributed by atoms with van der Waals surface area (Å²) in [7, 11) is 0. The van der Waals surface area contributed by atoms with Crippen molar-refractivity contribution in [2.75, 3.05) is 6.61 Å². The standard InChI is InChI=1S/C11H14F5NO3/c1-3-5-7(8(18)20-6-4-2)17-9(19)10(12,13)11(14,15)16/h3,7H,1,4-6H2,2H3,(H,17,19). The first-order valence-corrected chi connectivity index (χ1v) is 5.61. The van der Waals surface area contributed by atoms with Crippen molar-refractivity contribution in [1.82, 2.24) is 5.32 Å². The molecule has 116 valence electrons. The number of nitrogens with one attached hydrogen (secondary N) is 1. The van der Waals surface area contributed by atoms with Crippen molar-refractivity contribution in [3.8, 4) is 0 Å². The second-order valence-electron chi connectivity index (χ2n) is 3.79. The minimum atomic E-state index is -6.04. The molecule has 0 saturated carbocycles. The molecule has 0 rings (SSSR count).